The Morgan fingerprint density at radius 1 is 1.07 bits per heavy atom. The summed E-state index contributed by atoms with van der Waals surface area (Å²) in [4.78, 5) is 60.5. The second-order valence-electron chi connectivity index (χ2n) is 10.6. The molecule has 1 aromatic heterocycles. The summed E-state index contributed by atoms with van der Waals surface area (Å²) in [6, 6.07) is 3.77. The Morgan fingerprint density at radius 2 is 1.83 bits per heavy atom. The molecule has 3 amide bonds. The first-order chi connectivity index (χ1) is 20.1. The van der Waals surface area contributed by atoms with Gasteiger partial charge in [0.05, 0.1) is 6.04 Å². The summed E-state index contributed by atoms with van der Waals surface area (Å²) in [6.07, 6.45) is 5.18. The summed E-state index contributed by atoms with van der Waals surface area (Å²) in [7, 11) is 0. The Balaban J connectivity index is 1.76. The number of nitrogens with zero attached hydrogens (tertiary/aromatic N) is 2. The summed E-state index contributed by atoms with van der Waals surface area (Å²) >= 11 is 0. The third kappa shape index (κ3) is 8.91. The number of carbonyl (C=O) groups excluding carboxylic acids is 3. The first kappa shape index (κ1) is 32.3. The maximum absolute atomic E-state index is 13.9. The fraction of sp³-hybridized carbons (Fsp3) is 0.536. The Bertz CT molecular complexity index is 1260. The lowest BCUT2D eigenvalue weighted by Gasteiger charge is -2.30. The Labute approximate surface area is 244 Å². The molecule has 4 atom stereocenters. The van der Waals surface area contributed by atoms with E-state index in [4.69, 9.17) is 22.9 Å². The van der Waals surface area contributed by atoms with Gasteiger partial charge in [0.25, 0.3) is 0 Å². The van der Waals surface area contributed by atoms with Gasteiger partial charge in [-0.05, 0) is 56.7 Å². The number of rotatable bonds is 16. The number of guanidine groups is 1. The van der Waals surface area contributed by atoms with Crippen LogP contribution in [0.5, 0.6) is 0 Å². The van der Waals surface area contributed by atoms with Crippen LogP contribution in [0.3, 0.4) is 0 Å². The number of aromatic amines is 1. The van der Waals surface area contributed by atoms with Gasteiger partial charge in [-0.1, -0.05) is 24.6 Å². The maximum atomic E-state index is 13.9. The number of carboxylic acids is 1. The SMILES string of the molecule is NCCCCC(N)C(=O)NC(Cc1c[nH]c2ccccc12)C(=O)N1CCCC1C(=O)NC(CCCN=C(N)N)C(=O)O. The van der Waals surface area contributed by atoms with Crippen molar-refractivity contribution < 1.29 is 24.3 Å². The van der Waals surface area contributed by atoms with Crippen molar-refractivity contribution in [1.29, 1.82) is 0 Å². The molecule has 2 aromatic rings. The van der Waals surface area contributed by atoms with Crippen LogP contribution in [0.1, 0.15) is 50.5 Å². The molecule has 1 aliphatic rings. The van der Waals surface area contributed by atoms with Gasteiger partial charge in [-0.25, -0.2) is 4.79 Å². The fourth-order valence-electron chi connectivity index (χ4n) is 5.17. The number of carbonyl (C=O) groups is 4. The molecule has 14 heteroatoms. The minimum atomic E-state index is -1.20. The van der Waals surface area contributed by atoms with Crippen LogP contribution >= 0.6 is 0 Å². The van der Waals surface area contributed by atoms with Gasteiger partial charge in [-0.3, -0.25) is 19.4 Å². The highest BCUT2D eigenvalue weighted by molar-refractivity contribution is 5.95. The van der Waals surface area contributed by atoms with Gasteiger partial charge >= 0.3 is 5.97 Å². The first-order valence-corrected chi connectivity index (χ1v) is 14.3. The summed E-state index contributed by atoms with van der Waals surface area (Å²) < 4.78 is 0. The number of hydrogen-bond acceptors (Lipinski definition) is 7. The van der Waals surface area contributed by atoms with E-state index in [1.165, 1.54) is 4.90 Å². The number of likely N-dealkylation sites (tertiary alicyclic amines) is 1. The average molecular weight is 586 g/mol. The van der Waals surface area contributed by atoms with Crippen LogP contribution in [-0.4, -0.2) is 88.4 Å². The van der Waals surface area contributed by atoms with Gasteiger partial charge in [0.2, 0.25) is 17.7 Å². The summed E-state index contributed by atoms with van der Waals surface area (Å²) in [5.74, 6) is -2.75. The number of amides is 3. The molecule has 1 fully saturated rings. The van der Waals surface area contributed by atoms with Crippen LogP contribution in [-0.2, 0) is 25.6 Å². The molecule has 12 N–H and O–H groups in total. The lowest BCUT2D eigenvalue weighted by molar-refractivity contribution is -0.145. The normalized spacial score (nSPS) is 16.9. The molecule has 3 rings (SSSR count). The zero-order chi connectivity index (χ0) is 30.6. The maximum Gasteiger partial charge on any atom is 0.326 e. The molecule has 14 nitrogen and oxygen atoms in total. The number of unbranched alkanes of at least 4 members (excludes halogenated alkanes) is 1. The minimum Gasteiger partial charge on any atom is -0.480 e. The number of benzene rings is 1. The predicted molar refractivity (Wildman–Crippen MR) is 159 cm³/mol. The van der Waals surface area contributed by atoms with Crippen molar-refractivity contribution in [2.45, 2.75) is 75.5 Å². The molecular weight excluding hydrogens is 542 g/mol. The standard InChI is InChI=1S/C28H43N9O5/c29-12-4-3-8-19(30)24(38)36-22(15-17-16-34-20-9-2-1-7-18(17)20)26(40)37-14-6-11-23(37)25(39)35-21(27(41)42)10-5-13-33-28(31)32/h1-2,7,9,16,19,21-23,34H,3-6,8,10-15,29-30H2,(H,35,39)(H,36,38)(H,41,42)(H4,31,32,33). The van der Waals surface area contributed by atoms with Crippen molar-refractivity contribution >= 4 is 40.6 Å². The third-order valence-corrected chi connectivity index (χ3v) is 7.42. The number of aliphatic carboxylic acids is 1. The van der Waals surface area contributed by atoms with Crippen molar-refractivity contribution in [3.8, 4) is 0 Å². The van der Waals surface area contributed by atoms with Crippen LogP contribution in [0.25, 0.3) is 10.9 Å². The van der Waals surface area contributed by atoms with E-state index in [0.29, 0.717) is 45.2 Å². The zero-order valence-electron chi connectivity index (χ0n) is 23.8. The van der Waals surface area contributed by atoms with Gasteiger partial charge in [0, 0.05) is 36.6 Å². The molecule has 0 spiro atoms. The van der Waals surface area contributed by atoms with Gasteiger partial charge in [0.1, 0.15) is 18.1 Å². The molecule has 1 aromatic carbocycles. The molecule has 2 heterocycles. The molecule has 1 saturated heterocycles. The van der Waals surface area contributed by atoms with Crippen LogP contribution in [0.4, 0.5) is 0 Å². The topological polar surface area (TPSA) is 248 Å². The first-order valence-electron chi connectivity index (χ1n) is 14.3. The van der Waals surface area contributed by atoms with Gasteiger partial charge in [-0.2, -0.15) is 0 Å². The van der Waals surface area contributed by atoms with E-state index in [-0.39, 0.29) is 25.3 Å². The quantitative estimate of drug-likeness (QED) is 0.0701. The Morgan fingerprint density at radius 3 is 2.55 bits per heavy atom. The molecule has 42 heavy (non-hydrogen) atoms. The van der Waals surface area contributed by atoms with E-state index in [9.17, 15) is 24.3 Å². The average Bonchev–Trinajstić information content (AvgIpc) is 3.61. The van der Waals surface area contributed by atoms with E-state index in [2.05, 4.69) is 20.6 Å². The molecule has 0 aliphatic carbocycles. The number of para-hydroxylation sites is 1. The second kappa shape index (κ2) is 15.7. The van der Waals surface area contributed by atoms with Crippen LogP contribution in [0, 0.1) is 0 Å². The fourth-order valence-corrected chi connectivity index (χ4v) is 5.17. The molecule has 230 valence electrons. The third-order valence-electron chi connectivity index (χ3n) is 7.42. The van der Waals surface area contributed by atoms with Crippen LogP contribution in [0.2, 0.25) is 0 Å². The summed E-state index contributed by atoms with van der Waals surface area (Å²) in [6.45, 7) is 1.01. The zero-order valence-corrected chi connectivity index (χ0v) is 23.8. The highest BCUT2D eigenvalue weighted by atomic mass is 16.4. The van der Waals surface area contributed by atoms with Crippen LogP contribution < -0.4 is 33.6 Å². The predicted octanol–water partition coefficient (Wildman–Crippen LogP) is -0.734. The number of fused-ring (bicyclic) bond motifs is 1. The summed E-state index contributed by atoms with van der Waals surface area (Å²) in [5, 5.41) is 15.9. The van der Waals surface area contributed by atoms with E-state index < -0.39 is 47.9 Å². The number of nitrogens with two attached hydrogens (primary N) is 4. The highest BCUT2D eigenvalue weighted by Gasteiger charge is 2.39. The molecule has 0 bridgehead atoms. The molecular formula is C28H43N9O5. The minimum absolute atomic E-state index is 0.100. The molecule has 1 aliphatic heterocycles. The molecule has 0 radical (unpaired) electrons. The number of H-pyrrole nitrogens is 1. The highest BCUT2D eigenvalue weighted by Crippen LogP contribution is 2.23. The number of aliphatic imine (C=N–C) groups is 1. The van der Waals surface area contributed by atoms with Gasteiger partial charge < -0.3 is 48.6 Å². The monoisotopic (exact) mass is 585 g/mol. The van der Waals surface area contributed by atoms with Crippen molar-refractivity contribution in [2.24, 2.45) is 27.9 Å². The number of nitrogens with one attached hydrogen (secondary N) is 3. The second-order valence-corrected chi connectivity index (χ2v) is 10.6. The van der Waals surface area contributed by atoms with Crippen LogP contribution in [0.15, 0.2) is 35.5 Å². The number of aromatic nitrogens is 1. The Kier molecular flexibility index (Phi) is 12.1. The van der Waals surface area contributed by atoms with Crippen molar-refractivity contribution in [3.05, 3.63) is 36.0 Å². The van der Waals surface area contributed by atoms with Gasteiger partial charge in [0.15, 0.2) is 5.96 Å². The number of hydrogen-bond donors (Lipinski definition) is 8. The largest absolute Gasteiger partial charge is 0.480 e. The van der Waals surface area contributed by atoms with E-state index in [0.717, 1.165) is 22.9 Å². The number of carboxylic acid groups (broad SMARTS) is 1. The molecule has 0 saturated carbocycles. The Hall–Kier alpha value is -4.17. The molecule has 4 unspecified atom stereocenters. The lowest BCUT2D eigenvalue weighted by Crippen LogP contribution is -2.57. The van der Waals surface area contributed by atoms with Crippen molar-refractivity contribution in [3.63, 3.8) is 0 Å². The van der Waals surface area contributed by atoms with E-state index >= 15 is 0 Å². The lowest BCUT2D eigenvalue weighted by atomic mass is 10.0. The van der Waals surface area contributed by atoms with E-state index in [1.54, 1.807) is 6.20 Å². The smallest absolute Gasteiger partial charge is 0.326 e. The van der Waals surface area contributed by atoms with Crippen molar-refractivity contribution in [1.82, 2.24) is 20.5 Å². The van der Waals surface area contributed by atoms with E-state index in [1.807, 2.05) is 24.3 Å². The van der Waals surface area contributed by atoms with Gasteiger partial charge in [-0.15, -0.1) is 0 Å². The van der Waals surface area contributed by atoms with Crippen molar-refractivity contribution in [2.75, 3.05) is 19.6 Å². The summed E-state index contributed by atoms with van der Waals surface area (Å²) in [5.41, 5.74) is 24.0.